The second-order valence-electron chi connectivity index (χ2n) is 7.37. The summed E-state index contributed by atoms with van der Waals surface area (Å²) in [6.07, 6.45) is 1.65. The van der Waals surface area contributed by atoms with Crippen molar-refractivity contribution < 1.29 is 24.2 Å². The van der Waals surface area contributed by atoms with Gasteiger partial charge in [-0.2, -0.15) is 0 Å². The first kappa shape index (κ1) is 19.8. The van der Waals surface area contributed by atoms with Crippen molar-refractivity contribution in [2.75, 3.05) is 13.2 Å². The first-order valence-electron chi connectivity index (χ1n) is 9.97. The van der Waals surface area contributed by atoms with Crippen molar-refractivity contribution in [1.29, 1.82) is 0 Å². The maximum atomic E-state index is 13.0. The van der Waals surface area contributed by atoms with Crippen LogP contribution in [0.15, 0.2) is 66.7 Å². The first-order chi connectivity index (χ1) is 14.6. The highest BCUT2D eigenvalue weighted by Crippen LogP contribution is 2.34. The maximum Gasteiger partial charge on any atom is 0.329 e. The molecular weight excluding hydrogens is 382 g/mol. The third-order valence-electron chi connectivity index (χ3n) is 5.44. The number of para-hydroxylation sites is 1. The molecule has 1 aliphatic carbocycles. The van der Waals surface area contributed by atoms with Crippen molar-refractivity contribution >= 4 is 22.6 Å². The Morgan fingerprint density at radius 3 is 2.30 bits per heavy atom. The summed E-state index contributed by atoms with van der Waals surface area (Å²) in [5.74, 6) is -0.268. The monoisotopic (exact) mass is 405 g/mol. The Hall–Kier alpha value is -3.54. The number of fused-ring (bicyclic) bond motifs is 1. The third kappa shape index (κ3) is 3.94. The molecule has 1 aliphatic rings. The van der Waals surface area contributed by atoms with Gasteiger partial charge in [0.15, 0.2) is 0 Å². The summed E-state index contributed by atoms with van der Waals surface area (Å²) < 4.78 is 11.7. The maximum absolute atomic E-state index is 13.0. The highest BCUT2D eigenvalue weighted by molar-refractivity contribution is 6.05. The minimum Gasteiger partial charge on any atom is -0.490 e. The molecule has 3 aromatic carbocycles. The molecule has 0 bridgehead atoms. The van der Waals surface area contributed by atoms with E-state index in [1.807, 2.05) is 60.7 Å². The van der Waals surface area contributed by atoms with Gasteiger partial charge in [0.1, 0.15) is 30.3 Å². The lowest BCUT2D eigenvalue weighted by Crippen LogP contribution is -2.59. The fourth-order valence-electron chi connectivity index (χ4n) is 3.60. The van der Waals surface area contributed by atoms with Gasteiger partial charge in [0.2, 0.25) is 0 Å². The van der Waals surface area contributed by atoms with E-state index < -0.39 is 17.4 Å². The van der Waals surface area contributed by atoms with E-state index in [0.29, 0.717) is 30.8 Å². The number of hydrogen-bond acceptors (Lipinski definition) is 4. The number of nitrogens with one attached hydrogen (secondary N) is 1. The van der Waals surface area contributed by atoms with Crippen LogP contribution >= 0.6 is 0 Å². The quantitative estimate of drug-likeness (QED) is 0.553. The minimum atomic E-state index is -1.18. The molecule has 0 aromatic heterocycles. The molecule has 0 unspecified atom stereocenters. The summed E-state index contributed by atoms with van der Waals surface area (Å²) in [6.45, 7) is 0.556. The molecule has 0 heterocycles. The molecule has 1 fully saturated rings. The molecule has 6 heteroatoms. The van der Waals surface area contributed by atoms with Crippen LogP contribution in [0.5, 0.6) is 11.5 Å². The Kier molecular flexibility index (Phi) is 5.57. The number of aliphatic carboxylic acids is 1. The van der Waals surface area contributed by atoms with Crippen LogP contribution < -0.4 is 14.8 Å². The van der Waals surface area contributed by atoms with Crippen LogP contribution in [0, 0.1) is 0 Å². The van der Waals surface area contributed by atoms with E-state index >= 15 is 0 Å². The smallest absolute Gasteiger partial charge is 0.329 e. The lowest BCUT2D eigenvalue weighted by Gasteiger charge is -2.38. The molecule has 0 atom stereocenters. The molecule has 154 valence electrons. The van der Waals surface area contributed by atoms with Gasteiger partial charge in [-0.05, 0) is 42.8 Å². The van der Waals surface area contributed by atoms with Crippen molar-refractivity contribution in [3.8, 4) is 11.5 Å². The van der Waals surface area contributed by atoms with Gasteiger partial charge in [0, 0.05) is 5.39 Å². The van der Waals surface area contributed by atoms with Crippen LogP contribution in [0.25, 0.3) is 10.8 Å². The van der Waals surface area contributed by atoms with Gasteiger partial charge in [-0.3, -0.25) is 4.79 Å². The average molecular weight is 405 g/mol. The van der Waals surface area contributed by atoms with Gasteiger partial charge in [0.25, 0.3) is 5.91 Å². The van der Waals surface area contributed by atoms with Gasteiger partial charge in [0.05, 0.1) is 5.56 Å². The summed E-state index contributed by atoms with van der Waals surface area (Å²) >= 11 is 0. The van der Waals surface area contributed by atoms with Crippen LogP contribution in [0.1, 0.15) is 29.6 Å². The zero-order valence-corrected chi connectivity index (χ0v) is 16.5. The lowest BCUT2D eigenvalue weighted by atomic mass is 9.76. The molecule has 1 amide bonds. The Balaban J connectivity index is 1.55. The van der Waals surface area contributed by atoms with Crippen molar-refractivity contribution in [3.05, 3.63) is 72.3 Å². The molecule has 0 aliphatic heterocycles. The number of rotatable bonds is 8. The molecule has 4 rings (SSSR count). The Labute approximate surface area is 174 Å². The number of carbonyl (C=O) groups is 2. The molecular formula is C24H23NO5. The van der Waals surface area contributed by atoms with E-state index in [1.54, 1.807) is 6.07 Å². The summed E-state index contributed by atoms with van der Waals surface area (Å²) in [7, 11) is 0. The zero-order chi connectivity index (χ0) is 21.0. The van der Waals surface area contributed by atoms with E-state index in [2.05, 4.69) is 5.32 Å². The summed E-state index contributed by atoms with van der Waals surface area (Å²) in [5, 5.41) is 14.0. The van der Waals surface area contributed by atoms with Crippen LogP contribution in [0.4, 0.5) is 0 Å². The number of hydrogen-bond donors (Lipinski definition) is 2. The predicted molar refractivity (Wildman–Crippen MR) is 113 cm³/mol. The van der Waals surface area contributed by atoms with Gasteiger partial charge in [-0.1, -0.05) is 48.5 Å². The number of carboxylic acids is 1. The highest BCUT2D eigenvalue weighted by Gasteiger charge is 2.46. The number of carboxylic acid groups (broad SMARTS) is 1. The molecule has 2 N–H and O–H groups in total. The average Bonchev–Trinajstić information content (AvgIpc) is 2.74. The largest absolute Gasteiger partial charge is 0.490 e. The van der Waals surface area contributed by atoms with Crippen molar-refractivity contribution in [3.63, 3.8) is 0 Å². The van der Waals surface area contributed by atoms with E-state index in [1.165, 1.54) is 0 Å². The van der Waals surface area contributed by atoms with Crippen LogP contribution in [0.2, 0.25) is 0 Å². The van der Waals surface area contributed by atoms with Crippen molar-refractivity contribution in [2.24, 2.45) is 0 Å². The second kappa shape index (κ2) is 8.45. The fraction of sp³-hybridized carbons (Fsp3) is 0.250. The van der Waals surface area contributed by atoms with E-state index in [4.69, 9.17) is 9.47 Å². The Morgan fingerprint density at radius 2 is 1.60 bits per heavy atom. The summed E-state index contributed by atoms with van der Waals surface area (Å²) in [4.78, 5) is 24.6. The summed E-state index contributed by atoms with van der Waals surface area (Å²) in [5.41, 5.74) is -0.864. The number of carbonyl (C=O) groups excluding carboxylic acids is 1. The van der Waals surface area contributed by atoms with Gasteiger partial charge in [-0.15, -0.1) is 0 Å². The van der Waals surface area contributed by atoms with Gasteiger partial charge in [-0.25, -0.2) is 4.79 Å². The standard InChI is InChI=1S/C24H23NO5/c26-22(25-24(23(27)28)13-6-14-24)20-12-11-17-7-4-5-10-19(17)21(20)30-16-15-29-18-8-2-1-3-9-18/h1-5,7-12H,6,13-16H2,(H,25,26)(H,27,28). The number of benzene rings is 3. The zero-order valence-electron chi connectivity index (χ0n) is 16.5. The van der Waals surface area contributed by atoms with E-state index in [9.17, 15) is 14.7 Å². The van der Waals surface area contributed by atoms with Crippen LogP contribution in [0.3, 0.4) is 0 Å². The van der Waals surface area contributed by atoms with E-state index in [-0.39, 0.29) is 6.61 Å². The number of amides is 1. The highest BCUT2D eigenvalue weighted by atomic mass is 16.5. The SMILES string of the molecule is O=C(NC1(C(=O)O)CCC1)c1ccc2ccccc2c1OCCOc1ccccc1. The lowest BCUT2D eigenvalue weighted by molar-refractivity contribution is -0.148. The first-order valence-corrected chi connectivity index (χ1v) is 9.97. The molecule has 0 radical (unpaired) electrons. The van der Waals surface area contributed by atoms with Crippen molar-refractivity contribution in [1.82, 2.24) is 5.32 Å². The normalized spacial score (nSPS) is 14.5. The molecule has 0 spiro atoms. The molecule has 0 saturated heterocycles. The second-order valence-corrected chi connectivity index (χ2v) is 7.37. The molecule has 30 heavy (non-hydrogen) atoms. The Morgan fingerprint density at radius 1 is 0.900 bits per heavy atom. The van der Waals surface area contributed by atoms with E-state index in [0.717, 1.165) is 22.9 Å². The van der Waals surface area contributed by atoms with Crippen LogP contribution in [-0.2, 0) is 4.79 Å². The molecule has 3 aromatic rings. The minimum absolute atomic E-state index is 0.243. The summed E-state index contributed by atoms with van der Waals surface area (Å²) in [6, 6.07) is 20.6. The molecule has 1 saturated carbocycles. The molecule has 6 nitrogen and oxygen atoms in total. The predicted octanol–water partition coefficient (Wildman–Crippen LogP) is 4.03. The number of ether oxygens (including phenoxy) is 2. The van der Waals surface area contributed by atoms with Crippen LogP contribution in [-0.4, -0.2) is 35.7 Å². The van der Waals surface area contributed by atoms with Gasteiger partial charge >= 0.3 is 5.97 Å². The van der Waals surface area contributed by atoms with Crippen molar-refractivity contribution in [2.45, 2.75) is 24.8 Å². The third-order valence-corrected chi connectivity index (χ3v) is 5.44. The Bertz CT molecular complexity index is 1060. The van der Waals surface area contributed by atoms with Gasteiger partial charge < -0.3 is 19.9 Å². The topological polar surface area (TPSA) is 84.9 Å². The fourth-order valence-corrected chi connectivity index (χ4v) is 3.60.